The zero-order valence-corrected chi connectivity index (χ0v) is 14.7. The summed E-state index contributed by atoms with van der Waals surface area (Å²) >= 11 is -2.31. The van der Waals surface area contributed by atoms with E-state index < -0.39 is 11.3 Å². The van der Waals surface area contributed by atoms with E-state index in [2.05, 4.69) is 10.0 Å². The quantitative estimate of drug-likeness (QED) is 0.496. The topological polar surface area (TPSA) is 81.3 Å². The molecule has 0 fully saturated rings. The summed E-state index contributed by atoms with van der Waals surface area (Å²) in [6.45, 7) is 0.198. The number of hydrogen-bond donors (Lipinski definition) is 2. The fourth-order valence-corrected chi connectivity index (χ4v) is 2.82. The van der Waals surface area contributed by atoms with Crippen LogP contribution in [-0.2, 0) is 17.8 Å². The van der Waals surface area contributed by atoms with Crippen LogP contribution in [0, 0.1) is 0 Å². The van der Waals surface area contributed by atoms with Crippen LogP contribution in [0.4, 0.5) is 11.4 Å². The van der Waals surface area contributed by atoms with Crippen LogP contribution < -0.4 is 10.0 Å². The van der Waals surface area contributed by atoms with Crippen LogP contribution >= 0.6 is 0 Å². The highest BCUT2D eigenvalue weighted by Crippen LogP contribution is 2.22. The highest BCUT2D eigenvalue weighted by molar-refractivity contribution is 7.77. The van der Waals surface area contributed by atoms with E-state index >= 15 is 0 Å². The molecular weight excluding hydrogens is 348 g/mol. The molecule has 132 valence electrons. The highest BCUT2D eigenvalue weighted by atomic mass is 32.2. The van der Waals surface area contributed by atoms with Gasteiger partial charge < -0.3 is 9.87 Å². The summed E-state index contributed by atoms with van der Waals surface area (Å²) in [5.74, 6) is -0.0281. The molecule has 0 radical (unpaired) electrons. The zero-order chi connectivity index (χ0) is 18.4. The van der Waals surface area contributed by atoms with Gasteiger partial charge in [-0.05, 0) is 35.9 Å². The van der Waals surface area contributed by atoms with Gasteiger partial charge in [-0.3, -0.25) is 9.00 Å². The summed E-state index contributed by atoms with van der Waals surface area (Å²) in [6.07, 6.45) is 0. The number of ketones is 1. The Hall–Kier alpha value is -2.80. The third-order valence-electron chi connectivity index (χ3n) is 3.86. The van der Waals surface area contributed by atoms with Gasteiger partial charge in [-0.25, -0.2) is 4.72 Å². The van der Waals surface area contributed by atoms with Crippen molar-refractivity contribution in [2.24, 2.45) is 0 Å². The first-order valence-electron chi connectivity index (χ1n) is 8.01. The molecule has 0 aliphatic rings. The smallest absolute Gasteiger partial charge is 0.193 e. The van der Waals surface area contributed by atoms with Crippen LogP contribution in [0.3, 0.4) is 0 Å². The number of para-hydroxylation sites is 1. The molecule has 0 bridgehead atoms. The van der Waals surface area contributed by atoms with Crippen LogP contribution in [0.5, 0.6) is 0 Å². The van der Waals surface area contributed by atoms with Crippen molar-refractivity contribution in [3.63, 3.8) is 0 Å². The Morgan fingerprint density at radius 3 is 2.15 bits per heavy atom. The number of hydrogen-bond acceptors (Lipinski definition) is 4. The van der Waals surface area contributed by atoms with Crippen LogP contribution in [0.1, 0.15) is 21.5 Å². The minimum atomic E-state index is -2.31. The first-order chi connectivity index (χ1) is 12.6. The standard InChI is InChI=1S/C20H18N2O3S/c23-20(15-6-2-1-3-7-15)16-10-12-18(13-11-16)22-19-9-5-4-8-17(19)14-21-26(24)25/h1-13,21-22H,14H2,(H,24,25)/p-1. The van der Waals surface area contributed by atoms with Crippen molar-refractivity contribution in [2.45, 2.75) is 6.54 Å². The van der Waals surface area contributed by atoms with Crippen molar-refractivity contribution in [2.75, 3.05) is 5.32 Å². The van der Waals surface area contributed by atoms with Crippen molar-refractivity contribution in [1.82, 2.24) is 4.72 Å². The number of nitrogens with one attached hydrogen (secondary N) is 2. The third kappa shape index (κ3) is 4.64. The Bertz CT molecular complexity index is 912. The van der Waals surface area contributed by atoms with E-state index in [9.17, 15) is 13.6 Å². The summed E-state index contributed by atoms with van der Waals surface area (Å²) in [4.78, 5) is 12.4. The van der Waals surface area contributed by atoms with Crippen LogP contribution in [-0.4, -0.2) is 14.5 Å². The first-order valence-corrected chi connectivity index (χ1v) is 9.08. The zero-order valence-electron chi connectivity index (χ0n) is 13.8. The van der Waals surface area contributed by atoms with Gasteiger partial charge in [0.1, 0.15) is 0 Å². The number of benzene rings is 3. The van der Waals surface area contributed by atoms with E-state index in [1.54, 1.807) is 24.3 Å². The molecule has 3 aromatic rings. The molecule has 0 aliphatic carbocycles. The minimum Gasteiger partial charge on any atom is -0.760 e. The highest BCUT2D eigenvalue weighted by Gasteiger charge is 2.08. The lowest BCUT2D eigenvalue weighted by Crippen LogP contribution is -2.16. The molecule has 0 saturated heterocycles. The Kier molecular flexibility index (Phi) is 5.91. The molecule has 1 unspecified atom stereocenters. The first kappa shape index (κ1) is 18.0. The Labute approximate surface area is 154 Å². The van der Waals surface area contributed by atoms with Crippen molar-refractivity contribution in [1.29, 1.82) is 0 Å². The number of carbonyl (C=O) groups is 1. The summed E-state index contributed by atoms with van der Waals surface area (Å²) in [5.41, 5.74) is 3.69. The average molecular weight is 365 g/mol. The molecule has 3 rings (SSSR count). The lowest BCUT2D eigenvalue weighted by molar-refractivity contribution is 0.103. The van der Waals surface area contributed by atoms with Gasteiger partial charge in [-0.2, -0.15) is 0 Å². The molecule has 5 nitrogen and oxygen atoms in total. The molecule has 6 heteroatoms. The number of anilines is 2. The van der Waals surface area contributed by atoms with Crippen molar-refractivity contribution in [3.05, 3.63) is 95.6 Å². The lowest BCUT2D eigenvalue weighted by atomic mass is 10.0. The average Bonchev–Trinajstić information content (AvgIpc) is 2.68. The second-order valence-electron chi connectivity index (χ2n) is 5.61. The second-order valence-corrected chi connectivity index (χ2v) is 6.37. The molecule has 3 aromatic carbocycles. The van der Waals surface area contributed by atoms with Gasteiger partial charge >= 0.3 is 0 Å². The van der Waals surface area contributed by atoms with Gasteiger partial charge in [0.15, 0.2) is 5.78 Å². The Morgan fingerprint density at radius 2 is 1.46 bits per heavy atom. The second kappa shape index (κ2) is 8.53. The lowest BCUT2D eigenvalue weighted by Gasteiger charge is -2.14. The summed E-state index contributed by atoms with van der Waals surface area (Å²) in [6, 6.07) is 23.7. The summed E-state index contributed by atoms with van der Waals surface area (Å²) in [7, 11) is 0. The molecule has 0 spiro atoms. The van der Waals surface area contributed by atoms with Crippen LogP contribution in [0.25, 0.3) is 0 Å². The van der Waals surface area contributed by atoms with Crippen molar-refractivity contribution in [3.8, 4) is 0 Å². The van der Waals surface area contributed by atoms with Crippen molar-refractivity contribution < 1.29 is 13.6 Å². The molecule has 0 heterocycles. The monoisotopic (exact) mass is 365 g/mol. The fourth-order valence-electron chi connectivity index (χ4n) is 2.55. The molecule has 0 aromatic heterocycles. The van der Waals surface area contributed by atoms with Gasteiger partial charge in [0.25, 0.3) is 0 Å². The predicted molar refractivity (Wildman–Crippen MR) is 102 cm³/mol. The van der Waals surface area contributed by atoms with Gasteiger partial charge in [-0.1, -0.05) is 48.5 Å². The largest absolute Gasteiger partial charge is 0.760 e. The van der Waals surface area contributed by atoms with Crippen molar-refractivity contribution >= 4 is 28.4 Å². The Morgan fingerprint density at radius 1 is 0.846 bits per heavy atom. The minimum absolute atomic E-state index is 0.0281. The molecule has 1 atom stereocenters. The Balaban J connectivity index is 1.74. The van der Waals surface area contributed by atoms with Gasteiger partial charge in [0.2, 0.25) is 0 Å². The predicted octanol–water partition coefficient (Wildman–Crippen LogP) is 3.54. The van der Waals surface area contributed by atoms with Crippen LogP contribution in [0.15, 0.2) is 78.9 Å². The summed E-state index contributed by atoms with van der Waals surface area (Å²) < 4.78 is 23.8. The number of carbonyl (C=O) groups excluding carboxylic acids is 1. The fraction of sp³-hybridized carbons (Fsp3) is 0.0500. The maximum Gasteiger partial charge on any atom is 0.193 e. The maximum absolute atomic E-state index is 12.4. The molecule has 0 aliphatic heterocycles. The summed E-state index contributed by atoms with van der Waals surface area (Å²) in [5, 5.41) is 3.25. The van der Waals surface area contributed by atoms with E-state index in [0.717, 1.165) is 16.9 Å². The molecular formula is C20H17N2O3S-. The van der Waals surface area contributed by atoms with Crippen LogP contribution in [0.2, 0.25) is 0 Å². The molecule has 26 heavy (non-hydrogen) atoms. The number of rotatable bonds is 7. The third-order valence-corrected chi connectivity index (χ3v) is 4.24. The molecule has 0 saturated carbocycles. The van der Waals surface area contributed by atoms with E-state index in [4.69, 9.17) is 0 Å². The van der Waals surface area contributed by atoms with Gasteiger partial charge in [-0.15, -0.1) is 0 Å². The van der Waals surface area contributed by atoms with Gasteiger partial charge in [0.05, 0.1) is 0 Å². The molecule has 0 amide bonds. The van der Waals surface area contributed by atoms with E-state index in [1.165, 1.54) is 0 Å². The van der Waals surface area contributed by atoms with E-state index in [-0.39, 0.29) is 12.3 Å². The van der Waals surface area contributed by atoms with Gasteiger partial charge in [0, 0.05) is 40.3 Å². The maximum atomic E-state index is 12.4. The normalized spacial score (nSPS) is 11.7. The SMILES string of the molecule is O=C(c1ccccc1)c1ccc(Nc2ccccc2CNS(=O)[O-])cc1. The molecule has 2 N–H and O–H groups in total. The van der Waals surface area contributed by atoms with E-state index in [1.807, 2.05) is 54.6 Å². The van der Waals surface area contributed by atoms with E-state index in [0.29, 0.717) is 11.1 Å².